The number of nitrogens with two attached hydrogens (primary N) is 1. The number of nitrogens with one attached hydrogen (secondary N) is 1. The summed E-state index contributed by atoms with van der Waals surface area (Å²) in [6, 6.07) is 0.188. The molecule has 1 aliphatic heterocycles. The van der Waals surface area contributed by atoms with E-state index in [2.05, 4.69) is 29.3 Å². The zero-order chi connectivity index (χ0) is 14.0. The lowest BCUT2D eigenvalue weighted by Crippen LogP contribution is -2.58. The molecule has 0 aromatic carbocycles. The molecule has 2 rings (SSSR count). The van der Waals surface area contributed by atoms with Gasteiger partial charge in [0.1, 0.15) is 5.41 Å². The first kappa shape index (κ1) is 14.1. The molecule has 2 unspecified atom stereocenters. The third-order valence-corrected chi connectivity index (χ3v) is 4.66. The van der Waals surface area contributed by atoms with E-state index in [1.807, 2.05) is 0 Å². The minimum atomic E-state index is -0.766. The van der Waals surface area contributed by atoms with Crippen LogP contribution in [0, 0.1) is 11.3 Å². The summed E-state index contributed by atoms with van der Waals surface area (Å²) in [6.07, 6.45) is 3.26. The molecule has 0 spiro atoms. The summed E-state index contributed by atoms with van der Waals surface area (Å²) in [5.74, 6) is 0.402. The zero-order valence-electron chi connectivity index (χ0n) is 11.7. The Morgan fingerprint density at radius 3 is 2.68 bits per heavy atom. The molecule has 108 valence electrons. The van der Waals surface area contributed by atoms with Crippen LogP contribution in [0.5, 0.6) is 0 Å². The van der Waals surface area contributed by atoms with Crippen molar-refractivity contribution < 1.29 is 10.0 Å². The van der Waals surface area contributed by atoms with Crippen molar-refractivity contribution in [3.63, 3.8) is 0 Å². The highest BCUT2D eigenvalue weighted by Gasteiger charge is 2.49. The second-order valence-electron chi connectivity index (χ2n) is 6.03. The Morgan fingerprint density at radius 2 is 2.21 bits per heavy atom. The van der Waals surface area contributed by atoms with Gasteiger partial charge in [-0.3, -0.25) is 4.79 Å². The molecule has 1 saturated carbocycles. The number of oxime groups is 1. The minimum Gasteiger partial charge on any atom is -0.409 e. The van der Waals surface area contributed by atoms with Crippen molar-refractivity contribution >= 4 is 11.7 Å². The third-order valence-electron chi connectivity index (χ3n) is 4.66. The molecule has 2 fully saturated rings. The van der Waals surface area contributed by atoms with Gasteiger partial charge in [0.25, 0.3) is 0 Å². The fourth-order valence-electron chi connectivity index (χ4n) is 3.10. The Bertz CT molecular complexity index is 379. The van der Waals surface area contributed by atoms with E-state index in [1.54, 1.807) is 0 Å². The Balaban J connectivity index is 2.00. The molecule has 4 N–H and O–H groups in total. The van der Waals surface area contributed by atoms with Crippen LogP contribution in [0.2, 0.25) is 0 Å². The minimum absolute atomic E-state index is 0.0526. The van der Waals surface area contributed by atoms with Crippen LogP contribution in [-0.2, 0) is 4.79 Å². The summed E-state index contributed by atoms with van der Waals surface area (Å²) in [5.41, 5.74) is 4.94. The predicted molar refractivity (Wildman–Crippen MR) is 72.9 cm³/mol. The number of hydrogen-bond donors (Lipinski definition) is 3. The second-order valence-corrected chi connectivity index (χ2v) is 6.03. The molecular weight excluding hydrogens is 244 g/mol. The molecule has 6 heteroatoms. The van der Waals surface area contributed by atoms with Gasteiger partial charge in [0.05, 0.1) is 0 Å². The van der Waals surface area contributed by atoms with E-state index in [-0.39, 0.29) is 17.8 Å². The molecular formula is C13H24N4O2. The van der Waals surface area contributed by atoms with Crippen LogP contribution < -0.4 is 11.1 Å². The van der Waals surface area contributed by atoms with E-state index in [0.29, 0.717) is 18.8 Å². The van der Waals surface area contributed by atoms with Crippen molar-refractivity contribution in [1.29, 1.82) is 0 Å². The average molecular weight is 268 g/mol. The Kier molecular flexibility index (Phi) is 3.99. The van der Waals surface area contributed by atoms with E-state index < -0.39 is 5.41 Å². The standard InChI is InChI=1S/C13H24N4O2/c1-9-8-17(2)7-4-10(9)15-12(18)13(5-3-6-13)11(14)16-19/h9-10,19H,3-8H2,1-2H3,(H2,14,16)(H,15,18). The van der Waals surface area contributed by atoms with Crippen LogP contribution >= 0.6 is 0 Å². The maximum atomic E-state index is 12.4. The molecule has 1 aliphatic carbocycles. The number of carbonyl (C=O) groups excluding carboxylic acids is 1. The lowest BCUT2D eigenvalue weighted by Gasteiger charge is -2.42. The van der Waals surface area contributed by atoms with Crippen LogP contribution in [0.3, 0.4) is 0 Å². The number of likely N-dealkylation sites (tertiary alicyclic amines) is 1. The highest BCUT2D eigenvalue weighted by atomic mass is 16.4. The Hall–Kier alpha value is -1.30. The van der Waals surface area contributed by atoms with Crippen LogP contribution in [0.4, 0.5) is 0 Å². The van der Waals surface area contributed by atoms with Gasteiger partial charge in [-0.05, 0) is 38.8 Å². The Morgan fingerprint density at radius 1 is 1.53 bits per heavy atom. The van der Waals surface area contributed by atoms with E-state index in [0.717, 1.165) is 25.9 Å². The van der Waals surface area contributed by atoms with Crippen LogP contribution in [0.1, 0.15) is 32.6 Å². The highest BCUT2D eigenvalue weighted by molar-refractivity contribution is 6.07. The van der Waals surface area contributed by atoms with E-state index in [4.69, 9.17) is 10.9 Å². The SMILES string of the molecule is CC1CN(C)CCC1NC(=O)C1(C(N)=NO)CCC1. The Labute approximate surface area is 114 Å². The predicted octanol–water partition coefficient (Wildman–Crippen LogP) is 0.360. The van der Waals surface area contributed by atoms with Crippen molar-refractivity contribution in [2.75, 3.05) is 20.1 Å². The first-order valence-electron chi connectivity index (χ1n) is 6.97. The third kappa shape index (κ3) is 2.54. The smallest absolute Gasteiger partial charge is 0.234 e. The number of rotatable bonds is 3. The summed E-state index contributed by atoms with van der Waals surface area (Å²) >= 11 is 0. The van der Waals surface area contributed by atoms with Crippen molar-refractivity contribution in [3.05, 3.63) is 0 Å². The first-order chi connectivity index (χ1) is 8.99. The number of amides is 1. The summed E-state index contributed by atoms with van der Waals surface area (Å²) < 4.78 is 0. The van der Waals surface area contributed by atoms with Gasteiger partial charge in [0, 0.05) is 12.6 Å². The van der Waals surface area contributed by atoms with Gasteiger partial charge in [-0.25, -0.2) is 0 Å². The normalized spacial score (nSPS) is 31.6. The molecule has 1 amide bonds. The second kappa shape index (κ2) is 5.36. The van der Waals surface area contributed by atoms with Gasteiger partial charge in [-0.1, -0.05) is 18.5 Å². The lowest BCUT2D eigenvalue weighted by molar-refractivity contribution is -0.132. The molecule has 1 heterocycles. The molecule has 0 aromatic heterocycles. The average Bonchev–Trinajstić information content (AvgIpc) is 2.31. The van der Waals surface area contributed by atoms with Crippen LogP contribution in [0.15, 0.2) is 5.16 Å². The van der Waals surface area contributed by atoms with E-state index in [1.165, 1.54) is 0 Å². The van der Waals surface area contributed by atoms with Gasteiger partial charge in [0.2, 0.25) is 5.91 Å². The molecule has 2 aliphatic rings. The monoisotopic (exact) mass is 268 g/mol. The van der Waals surface area contributed by atoms with E-state index >= 15 is 0 Å². The number of piperidine rings is 1. The summed E-state index contributed by atoms with van der Waals surface area (Å²) in [7, 11) is 2.10. The maximum absolute atomic E-state index is 12.4. The van der Waals surface area contributed by atoms with Gasteiger partial charge in [-0.2, -0.15) is 0 Å². The summed E-state index contributed by atoms with van der Waals surface area (Å²) in [6.45, 7) is 4.13. The first-order valence-corrected chi connectivity index (χ1v) is 6.97. The number of amidine groups is 1. The van der Waals surface area contributed by atoms with Crippen LogP contribution in [0.25, 0.3) is 0 Å². The quantitative estimate of drug-likeness (QED) is 0.298. The molecule has 19 heavy (non-hydrogen) atoms. The molecule has 2 atom stereocenters. The molecule has 0 radical (unpaired) electrons. The summed E-state index contributed by atoms with van der Waals surface area (Å²) in [4.78, 5) is 14.7. The molecule has 1 saturated heterocycles. The maximum Gasteiger partial charge on any atom is 0.234 e. The molecule has 0 aromatic rings. The fraction of sp³-hybridized carbons (Fsp3) is 0.846. The number of hydrogen-bond acceptors (Lipinski definition) is 4. The zero-order valence-corrected chi connectivity index (χ0v) is 11.7. The number of carbonyl (C=O) groups is 1. The largest absolute Gasteiger partial charge is 0.409 e. The van der Waals surface area contributed by atoms with Crippen LogP contribution in [-0.4, -0.2) is 48.0 Å². The summed E-state index contributed by atoms with van der Waals surface area (Å²) in [5, 5.41) is 15.0. The topological polar surface area (TPSA) is 91.0 Å². The van der Waals surface area contributed by atoms with Crippen molar-refractivity contribution in [3.8, 4) is 0 Å². The van der Waals surface area contributed by atoms with Gasteiger partial charge in [0.15, 0.2) is 5.84 Å². The van der Waals surface area contributed by atoms with Gasteiger partial charge in [-0.15, -0.1) is 0 Å². The van der Waals surface area contributed by atoms with Crippen molar-refractivity contribution in [1.82, 2.24) is 10.2 Å². The molecule has 6 nitrogen and oxygen atoms in total. The number of nitrogens with zero attached hydrogens (tertiary/aromatic N) is 2. The van der Waals surface area contributed by atoms with Gasteiger partial charge < -0.3 is 21.2 Å². The fourth-order valence-corrected chi connectivity index (χ4v) is 3.10. The lowest BCUT2D eigenvalue weighted by atomic mass is 9.67. The van der Waals surface area contributed by atoms with Crippen molar-refractivity contribution in [2.24, 2.45) is 22.2 Å². The highest BCUT2D eigenvalue weighted by Crippen LogP contribution is 2.41. The van der Waals surface area contributed by atoms with Crippen molar-refractivity contribution in [2.45, 2.75) is 38.6 Å². The van der Waals surface area contributed by atoms with E-state index in [9.17, 15) is 4.79 Å². The molecule has 0 bridgehead atoms. The van der Waals surface area contributed by atoms with Gasteiger partial charge >= 0.3 is 0 Å².